The van der Waals surface area contributed by atoms with Gasteiger partial charge in [-0.1, -0.05) is 19.7 Å². The molecule has 8 nitrogen and oxygen atoms in total. The predicted octanol–water partition coefficient (Wildman–Crippen LogP) is 1.01. The zero-order valence-electron chi connectivity index (χ0n) is 10.8. The van der Waals surface area contributed by atoms with Crippen LogP contribution in [0.4, 0.5) is 0 Å². The molecule has 20 heavy (non-hydrogen) atoms. The predicted molar refractivity (Wildman–Crippen MR) is 69.3 cm³/mol. The third-order valence-corrected chi connectivity index (χ3v) is 1.21. The lowest BCUT2D eigenvalue weighted by molar-refractivity contribution is -0.139. The van der Waals surface area contributed by atoms with E-state index in [1.807, 2.05) is 0 Å². The molecule has 0 aliphatic heterocycles. The molecule has 4 N–H and O–H groups in total. The van der Waals surface area contributed by atoms with Gasteiger partial charge in [0.15, 0.2) is 0 Å². The lowest BCUT2D eigenvalue weighted by Gasteiger charge is -1.91. The third kappa shape index (κ3) is 24.4. The Hall–Kier alpha value is -2.90. The van der Waals surface area contributed by atoms with Crippen LogP contribution < -0.4 is 0 Å². The van der Waals surface area contributed by atoms with Crippen molar-refractivity contribution >= 4 is 23.9 Å². The summed E-state index contributed by atoms with van der Waals surface area (Å²) in [5.41, 5.74) is -0.127. The first-order chi connectivity index (χ1) is 8.95. The third-order valence-electron chi connectivity index (χ3n) is 1.21. The fourth-order valence-corrected chi connectivity index (χ4v) is 0.258. The highest BCUT2D eigenvalue weighted by molar-refractivity contribution is 5.91. The van der Waals surface area contributed by atoms with Gasteiger partial charge in [0, 0.05) is 17.2 Å². The van der Waals surface area contributed by atoms with Crippen LogP contribution in [0.5, 0.6) is 0 Å². The summed E-state index contributed by atoms with van der Waals surface area (Å²) >= 11 is 0. The second-order valence-corrected chi connectivity index (χ2v) is 3.11. The molecule has 0 aromatic rings. The Kier molecular flexibility index (Phi) is 14.0. The van der Waals surface area contributed by atoms with Crippen molar-refractivity contribution in [2.45, 2.75) is 13.3 Å². The molecule has 0 rings (SSSR count). The minimum atomic E-state index is -1.27. The first kappa shape index (κ1) is 22.3. The Morgan fingerprint density at radius 1 is 0.950 bits per heavy atom. The second kappa shape index (κ2) is 12.6. The molecule has 0 saturated carbocycles. The van der Waals surface area contributed by atoms with Crippen LogP contribution in [0.15, 0.2) is 37.0 Å². The monoisotopic (exact) mass is 288 g/mol. The van der Waals surface area contributed by atoms with E-state index in [1.165, 1.54) is 6.92 Å². The maximum absolute atomic E-state index is 9.87. The van der Waals surface area contributed by atoms with E-state index in [0.29, 0.717) is 0 Å². The van der Waals surface area contributed by atoms with E-state index < -0.39 is 30.3 Å². The highest BCUT2D eigenvalue weighted by atomic mass is 16.4. The first-order valence-corrected chi connectivity index (χ1v) is 4.82. The van der Waals surface area contributed by atoms with Crippen molar-refractivity contribution in [3.8, 4) is 0 Å². The average molecular weight is 288 g/mol. The van der Waals surface area contributed by atoms with Crippen molar-refractivity contribution < 1.29 is 39.6 Å². The number of hydrogen-bond acceptors (Lipinski definition) is 4. The van der Waals surface area contributed by atoms with Crippen molar-refractivity contribution in [3.63, 3.8) is 0 Å². The molecule has 0 bridgehead atoms. The summed E-state index contributed by atoms with van der Waals surface area (Å²) < 4.78 is 0. The minimum Gasteiger partial charge on any atom is -0.481 e. The summed E-state index contributed by atoms with van der Waals surface area (Å²) in [5.74, 6) is -4.36. The van der Waals surface area contributed by atoms with Gasteiger partial charge in [-0.05, 0) is 6.92 Å². The molecule has 0 aromatic carbocycles. The minimum absolute atomic E-state index is 0.176. The molecular formula is C12H16O8. The van der Waals surface area contributed by atoms with E-state index in [1.54, 1.807) is 0 Å². The van der Waals surface area contributed by atoms with Gasteiger partial charge in [0.2, 0.25) is 0 Å². The number of aliphatic carboxylic acids is 4. The first-order valence-electron chi connectivity index (χ1n) is 4.82. The maximum atomic E-state index is 9.87. The summed E-state index contributed by atoms with van der Waals surface area (Å²) in [5, 5.41) is 31.6. The van der Waals surface area contributed by atoms with Gasteiger partial charge in [-0.3, -0.25) is 4.79 Å². The molecule has 0 aliphatic carbocycles. The maximum Gasteiger partial charge on any atom is 0.331 e. The number of carbonyl (C=O) groups is 4. The van der Waals surface area contributed by atoms with Crippen LogP contribution in [0.3, 0.4) is 0 Å². The standard InChI is InChI=1S/C5H6O4.C4H6O2.C3H4O2/c1-3(5(8)9)2-4(6)7;1-3(2)4(5)6;1-2-3(4)5/h1-2H2,(H,6,7)(H,8,9);1H2,2H3,(H,5,6);2H,1H2,(H,4,5). The van der Waals surface area contributed by atoms with Crippen LogP contribution in [0.1, 0.15) is 13.3 Å². The molecule has 0 saturated heterocycles. The smallest absolute Gasteiger partial charge is 0.331 e. The Morgan fingerprint density at radius 3 is 1.30 bits per heavy atom. The zero-order valence-corrected chi connectivity index (χ0v) is 10.8. The SMILES string of the molecule is C=C(C)C(=O)O.C=C(CC(=O)O)C(=O)O.C=CC(=O)O. The molecular weight excluding hydrogens is 272 g/mol. The number of carboxylic acid groups (broad SMARTS) is 4. The molecule has 0 radical (unpaired) electrons. The van der Waals surface area contributed by atoms with E-state index in [9.17, 15) is 19.2 Å². The van der Waals surface area contributed by atoms with E-state index >= 15 is 0 Å². The molecule has 112 valence electrons. The Morgan fingerprint density at radius 2 is 1.25 bits per heavy atom. The molecule has 0 heterocycles. The molecule has 0 fully saturated rings. The molecule has 0 atom stereocenters. The van der Waals surface area contributed by atoms with Gasteiger partial charge in [0.1, 0.15) is 0 Å². The van der Waals surface area contributed by atoms with Crippen LogP contribution in [-0.2, 0) is 19.2 Å². The van der Waals surface area contributed by atoms with Gasteiger partial charge >= 0.3 is 23.9 Å². The van der Waals surface area contributed by atoms with Gasteiger partial charge < -0.3 is 20.4 Å². The Balaban J connectivity index is -0.000000230. The van der Waals surface area contributed by atoms with Crippen LogP contribution in [-0.4, -0.2) is 44.3 Å². The lowest BCUT2D eigenvalue weighted by Crippen LogP contribution is -2.04. The molecule has 0 aliphatic rings. The van der Waals surface area contributed by atoms with Crippen molar-refractivity contribution in [1.82, 2.24) is 0 Å². The normalized spacial score (nSPS) is 7.65. The molecule has 0 aromatic heterocycles. The Labute approximate surface area is 115 Å². The highest BCUT2D eigenvalue weighted by Crippen LogP contribution is 1.95. The van der Waals surface area contributed by atoms with Gasteiger partial charge in [0.05, 0.1) is 6.42 Å². The van der Waals surface area contributed by atoms with Crippen LogP contribution in [0.2, 0.25) is 0 Å². The summed E-state index contributed by atoms with van der Waals surface area (Å²) in [7, 11) is 0. The van der Waals surface area contributed by atoms with Crippen molar-refractivity contribution in [3.05, 3.63) is 37.0 Å². The van der Waals surface area contributed by atoms with Crippen molar-refractivity contribution in [1.29, 1.82) is 0 Å². The quantitative estimate of drug-likeness (QED) is 0.547. The largest absolute Gasteiger partial charge is 0.481 e. The summed E-state index contributed by atoms with van der Waals surface area (Å²) in [6.45, 7) is 10.6. The van der Waals surface area contributed by atoms with E-state index in [4.69, 9.17) is 20.4 Å². The van der Waals surface area contributed by atoms with Crippen molar-refractivity contribution in [2.75, 3.05) is 0 Å². The zero-order chi connectivity index (χ0) is 16.9. The number of carboxylic acids is 4. The van der Waals surface area contributed by atoms with Crippen molar-refractivity contribution in [2.24, 2.45) is 0 Å². The molecule has 8 heteroatoms. The highest BCUT2D eigenvalue weighted by Gasteiger charge is 2.07. The van der Waals surface area contributed by atoms with Gasteiger partial charge in [0.25, 0.3) is 0 Å². The van der Waals surface area contributed by atoms with E-state index in [0.717, 1.165) is 6.08 Å². The van der Waals surface area contributed by atoms with Gasteiger partial charge in [-0.2, -0.15) is 0 Å². The number of hydrogen-bond donors (Lipinski definition) is 4. The van der Waals surface area contributed by atoms with Crippen LogP contribution in [0, 0.1) is 0 Å². The van der Waals surface area contributed by atoms with Crippen LogP contribution in [0.25, 0.3) is 0 Å². The van der Waals surface area contributed by atoms with Crippen LogP contribution >= 0.6 is 0 Å². The summed E-state index contributed by atoms with van der Waals surface area (Å²) in [6.07, 6.45) is 0.329. The van der Waals surface area contributed by atoms with E-state index in [-0.39, 0.29) is 11.1 Å². The fraction of sp³-hybridized carbons (Fsp3) is 0.167. The lowest BCUT2D eigenvalue weighted by atomic mass is 10.2. The van der Waals surface area contributed by atoms with Gasteiger partial charge in [-0.25, -0.2) is 14.4 Å². The second-order valence-electron chi connectivity index (χ2n) is 3.11. The average Bonchev–Trinajstić information content (AvgIpc) is 2.29. The molecule has 0 amide bonds. The summed E-state index contributed by atoms with van der Waals surface area (Å²) in [6, 6.07) is 0. The Bertz CT molecular complexity index is 407. The number of rotatable bonds is 5. The fourth-order valence-electron chi connectivity index (χ4n) is 0.258. The molecule has 0 spiro atoms. The van der Waals surface area contributed by atoms with E-state index in [2.05, 4.69) is 19.7 Å². The topological polar surface area (TPSA) is 149 Å². The van der Waals surface area contributed by atoms with Gasteiger partial charge in [-0.15, -0.1) is 0 Å². The summed E-state index contributed by atoms with van der Waals surface area (Å²) in [4.78, 5) is 38.5. The molecule has 0 unspecified atom stereocenters.